The molecule has 0 spiro atoms. The van der Waals surface area contributed by atoms with E-state index in [0.717, 1.165) is 44.2 Å². The van der Waals surface area contributed by atoms with Crippen molar-refractivity contribution in [3.05, 3.63) is 30.2 Å². The summed E-state index contributed by atoms with van der Waals surface area (Å²) in [7, 11) is 1.62. The second-order valence-corrected chi connectivity index (χ2v) is 6.04. The summed E-state index contributed by atoms with van der Waals surface area (Å²) in [6.07, 6.45) is 0.750. The monoisotopic (exact) mass is 360 g/mol. The minimum absolute atomic E-state index is 0.0116. The first-order chi connectivity index (χ1) is 12.7. The normalized spacial score (nSPS) is 15.0. The van der Waals surface area contributed by atoms with Crippen LogP contribution in [0.2, 0.25) is 0 Å². The van der Waals surface area contributed by atoms with E-state index in [1.54, 1.807) is 7.11 Å². The molecule has 1 saturated heterocycles. The average molecular weight is 360 g/mol. The molecule has 2 heterocycles. The van der Waals surface area contributed by atoms with Gasteiger partial charge in [-0.05, 0) is 24.3 Å². The van der Waals surface area contributed by atoms with Crippen LogP contribution in [0, 0.1) is 0 Å². The predicted octanol–water partition coefficient (Wildman–Crippen LogP) is 1.13. The van der Waals surface area contributed by atoms with Crippen LogP contribution in [0.5, 0.6) is 5.75 Å². The number of morpholine rings is 1. The molecule has 26 heavy (non-hydrogen) atoms. The zero-order valence-corrected chi connectivity index (χ0v) is 14.9. The fourth-order valence-corrected chi connectivity index (χ4v) is 2.70. The zero-order valence-electron chi connectivity index (χ0n) is 14.9. The number of rotatable bonds is 8. The van der Waals surface area contributed by atoms with E-state index < -0.39 is 0 Å². The Labute approximate surface area is 152 Å². The maximum absolute atomic E-state index is 11.9. The van der Waals surface area contributed by atoms with Gasteiger partial charge in [0.2, 0.25) is 17.6 Å². The second-order valence-electron chi connectivity index (χ2n) is 6.04. The highest BCUT2D eigenvalue weighted by Gasteiger charge is 2.12. The maximum Gasteiger partial charge on any atom is 0.227 e. The van der Waals surface area contributed by atoms with Crippen molar-refractivity contribution >= 4 is 5.91 Å². The van der Waals surface area contributed by atoms with E-state index >= 15 is 0 Å². The first-order valence-electron chi connectivity index (χ1n) is 8.78. The predicted molar refractivity (Wildman–Crippen MR) is 94.9 cm³/mol. The molecule has 1 aliphatic heterocycles. The van der Waals surface area contributed by atoms with Crippen molar-refractivity contribution in [2.75, 3.05) is 46.5 Å². The average Bonchev–Trinajstić information content (AvgIpc) is 3.16. The Morgan fingerprint density at radius 2 is 2.04 bits per heavy atom. The fourth-order valence-electron chi connectivity index (χ4n) is 2.70. The lowest BCUT2D eigenvalue weighted by atomic mass is 10.2. The van der Waals surface area contributed by atoms with Crippen molar-refractivity contribution in [2.45, 2.75) is 12.8 Å². The third-order valence-electron chi connectivity index (χ3n) is 4.24. The topological polar surface area (TPSA) is 89.7 Å². The molecule has 1 aromatic heterocycles. The maximum atomic E-state index is 11.9. The lowest BCUT2D eigenvalue weighted by Crippen LogP contribution is -2.41. The lowest BCUT2D eigenvalue weighted by Gasteiger charge is -2.26. The van der Waals surface area contributed by atoms with E-state index in [2.05, 4.69) is 20.4 Å². The Balaban J connectivity index is 1.40. The quantitative estimate of drug-likeness (QED) is 0.755. The number of nitrogens with zero attached hydrogens (tertiary/aromatic N) is 3. The molecule has 0 atom stereocenters. The van der Waals surface area contributed by atoms with Gasteiger partial charge in [-0.1, -0.05) is 5.16 Å². The van der Waals surface area contributed by atoms with Gasteiger partial charge >= 0.3 is 0 Å². The zero-order chi connectivity index (χ0) is 18.2. The summed E-state index contributed by atoms with van der Waals surface area (Å²) in [5.74, 6) is 1.73. The van der Waals surface area contributed by atoms with Crippen LogP contribution in [0.15, 0.2) is 28.8 Å². The Kier molecular flexibility index (Phi) is 6.56. The standard InChI is InChI=1S/C18H24N4O4/c1-24-15-4-2-14(3-5-15)18-20-17(26-21-18)7-6-16(23)19-8-9-22-10-12-25-13-11-22/h2-5H,6-13H2,1H3,(H,19,23). The third-order valence-corrected chi connectivity index (χ3v) is 4.24. The van der Waals surface area contributed by atoms with Gasteiger partial charge in [-0.3, -0.25) is 9.69 Å². The first kappa shape index (κ1) is 18.3. The number of ether oxygens (including phenoxy) is 2. The van der Waals surface area contributed by atoms with Crippen molar-refractivity contribution in [1.82, 2.24) is 20.4 Å². The van der Waals surface area contributed by atoms with E-state index in [9.17, 15) is 4.79 Å². The first-order valence-corrected chi connectivity index (χ1v) is 8.78. The summed E-state index contributed by atoms with van der Waals surface area (Å²) < 4.78 is 15.7. The largest absolute Gasteiger partial charge is 0.497 e. The van der Waals surface area contributed by atoms with Crippen molar-refractivity contribution < 1.29 is 18.8 Å². The van der Waals surface area contributed by atoms with Gasteiger partial charge in [-0.25, -0.2) is 0 Å². The summed E-state index contributed by atoms with van der Waals surface area (Å²) in [6, 6.07) is 7.41. The molecular formula is C18H24N4O4. The van der Waals surface area contributed by atoms with E-state index in [0.29, 0.717) is 31.1 Å². The third kappa shape index (κ3) is 5.27. The van der Waals surface area contributed by atoms with Crippen LogP contribution in [-0.2, 0) is 16.0 Å². The lowest BCUT2D eigenvalue weighted by molar-refractivity contribution is -0.121. The number of hydrogen-bond acceptors (Lipinski definition) is 7. The van der Waals surface area contributed by atoms with Gasteiger partial charge in [-0.15, -0.1) is 0 Å². The van der Waals surface area contributed by atoms with Crippen LogP contribution >= 0.6 is 0 Å². The molecule has 0 bridgehead atoms. The van der Waals surface area contributed by atoms with Gasteiger partial charge in [0.05, 0.1) is 20.3 Å². The molecule has 8 nitrogen and oxygen atoms in total. The number of nitrogens with one attached hydrogen (secondary N) is 1. The smallest absolute Gasteiger partial charge is 0.227 e. The summed E-state index contributed by atoms with van der Waals surface area (Å²) >= 11 is 0. The number of methoxy groups -OCH3 is 1. The van der Waals surface area contributed by atoms with Crippen molar-refractivity contribution in [3.8, 4) is 17.1 Å². The summed E-state index contributed by atoms with van der Waals surface area (Å²) in [4.78, 5) is 18.6. The summed E-state index contributed by atoms with van der Waals surface area (Å²) in [5, 5.41) is 6.89. The molecule has 1 N–H and O–H groups in total. The fraction of sp³-hybridized carbons (Fsp3) is 0.500. The van der Waals surface area contributed by atoms with Crippen molar-refractivity contribution in [2.24, 2.45) is 0 Å². The van der Waals surface area contributed by atoms with Gasteiger partial charge in [0.15, 0.2) is 0 Å². The van der Waals surface area contributed by atoms with Crippen LogP contribution < -0.4 is 10.1 Å². The number of carbonyl (C=O) groups is 1. The molecule has 1 aromatic carbocycles. The highest BCUT2D eigenvalue weighted by molar-refractivity contribution is 5.76. The summed E-state index contributed by atoms with van der Waals surface area (Å²) in [6.45, 7) is 4.86. The van der Waals surface area contributed by atoms with Crippen LogP contribution in [0.1, 0.15) is 12.3 Å². The SMILES string of the molecule is COc1ccc(-c2noc(CCC(=O)NCCN3CCOCC3)n2)cc1. The molecule has 1 aliphatic rings. The number of aromatic nitrogens is 2. The molecule has 3 rings (SSSR count). The van der Waals surface area contributed by atoms with E-state index in [4.69, 9.17) is 14.0 Å². The molecule has 0 radical (unpaired) electrons. The van der Waals surface area contributed by atoms with Gasteiger partial charge in [0.1, 0.15) is 5.75 Å². The molecule has 1 fully saturated rings. The van der Waals surface area contributed by atoms with Crippen LogP contribution in [0.25, 0.3) is 11.4 Å². The van der Waals surface area contributed by atoms with E-state index in [1.165, 1.54) is 0 Å². The Morgan fingerprint density at radius 1 is 1.27 bits per heavy atom. The molecule has 0 saturated carbocycles. The van der Waals surface area contributed by atoms with Crippen molar-refractivity contribution in [1.29, 1.82) is 0 Å². The molecule has 0 aliphatic carbocycles. The highest BCUT2D eigenvalue weighted by Crippen LogP contribution is 2.19. The molecule has 1 amide bonds. The van der Waals surface area contributed by atoms with E-state index in [-0.39, 0.29) is 5.91 Å². The molecule has 0 unspecified atom stereocenters. The minimum Gasteiger partial charge on any atom is -0.497 e. The number of amides is 1. The Bertz CT molecular complexity index is 695. The molecular weight excluding hydrogens is 336 g/mol. The van der Waals surface area contributed by atoms with E-state index in [1.807, 2.05) is 24.3 Å². The van der Waals surface area contributed by atoms with Gasteiger partial charge in [0, 0.05) is 44.6 Å². The minimum atomic E-state index is -0.0116. The Morgan fingerprint density at radius 3 is 2.77 bits per heavy atom. The molecule has 140 valence electrons. The Hall–Kier alpha value is -2.45. The van der Waals surface area contributed by atoms with Gasteiger partial charge in [0.25, 0.3) is 0 Å². The number of hydrogen-bond donors (Lipinski definition) is 1. The highest BCUT2D eigenvalue weighted by atomic mass is 16.5. The van der Waals surface area contributed by atoms with Crippen LogP contribution in [0.3, 0.4) is 0 Å². The number of aryl methyl sites for hydroxylation is 1. The molecule has 2 aromatic rings. The molecule has 8 heteroatoms. The van der Waals surface area contributed by atoms with Crippen molar-refractivity contribution in [3.63, 3.8) is 0 Å². The van der Waals surface area contributed by atoms with Gasteiger partial charge in [-0.2, -0.15) is 4.98 Å². The number of benzene rings is 1. The van der Waals surface area contributed by atoms with Gasteiger partial charge < -0.3 is 19.3 Å². The number of carbonyl (C=O) groups excluding carboxylic acids is 1. The summed E-state index contributed by atoms with van der Waals surface area (Å²) in [5.41, 5.74) is 0.843. The van der Waals surface area contributed by atoms with Crippen LogP contribution in [-0.4, -0.2) is 67.5 Å². The second kappa shape index (κ2) is 9.30. The van der Waals surface area contributed by atoms with Crippen LogP contribution in [0.4, 0.5) is 0 Å².